The van der Waals surface area contributed by atoms with E-state index in [1.807, 2.05) is 0 Å². The third kappa shape index (κ3) is 5.18. The molecule has 0 aliphatic carbocycles. The van der Waals surface area contributed by atoms with Crippen LogP contribution in [0.4, 0.5) is 4.39 Å². The number of carbonyl (C=O) groups excluding carboxylic acids is 1. The Labute approximate surface area is 151 Å². The van der Waals surface area contributed by atoms with Crippen molar-refractivity contribution in [1.29, 1.82) is 0 Å². The minimum Gasteiger partial charge on any atom is -0.490 e. The van der Waals surface area contributed by atoms with Crippen molar-refractivity contribution in [3.63, 3.8) is 0 Å². The van der Waals surface area contributed by atoms with Crippen molar-refractivity contribution >= 4 is 16.7 Å². The predicted octanol–water partition coefficient (Wildman–Crippen LogP) is 4.16. The summed E-state index contributed by atoms with van der Waals surface area (Å²) in [6.07, 6.45) is 4.50. The second kappa shape index (κ2) is 9.75. The van der Waals surface area contributed by atoms with E-state index in [0.29, 0.717) is 49.9 Å². The molecule has 0 saturated heterocycles. The van der Waals surface area contributed by atoms with Gasteiger partial charge in [-0.3, -0.25) is 4.79 Å². The van der Waals surface area contributed by atoms with Crippen molar-refractivity contribution in [3.05, 3.63) is 52.9 Å². The summed E-state index contributed by atoms with van der Waals surface area (Å²) in [6, 6.07) is 4.81. The van der Waals surface area contributed by atoms with E-state index in [9.17, 15) is 14.0 Å². The van der Waals surface area contributed by atoms with Crippen molar-refractivity contribution < 1.29 is 23.1 Å². The fourth-order valence-corrected chi connectivity index (χ4v) is 2.43. The Balaban J connectivity index is 2.00. The van der Waals surface area contributed by atoms with Gasteiger partial charge in [0.2, 0.25) is 0 Å². The Morgan fingerprint density at radius 2 is 2.08 bits per heavy atom. The lowest BCUT2D eigenvalue weighted by Gasteiger charge is -2.09. The van der Waals surface area contributed by atoms with Gasteiger partial charge in [-0.2, -0.15) is 0 Å². The lowest BCUT2D eigenvalue weighted by atomic mass is 10.1. The van der Waals surface area contributed by atoms with Crippen LogP contribution in [0, 0.1) is 5.82 Å². The molecular weight excluding hydrogens is 339 g/mol. The van der Waals surface area contributed by atoms with E-state index in [4.69, 9.17) is 13.9 Å². The Morgan fingerprint density at radius 1 is 1.31 bits per heavy atom. The third-order valence-corrected chi connectivity index (χ3v) is 3.83. The number of aryl methyl sites for hydroxylation is 1. The number of hydrogen-bond acceptors (Lipinski definition) is 5. The summed E-state index contributed by atoms with van der Waals surface area (Å²) in [6.45, 7) is 5.93. The van der Waals surface area contributed by atoms with Gasteiger partial charge in [0.05, 0.1) is 13.2 Å². The van der Waals surface area contributed by atoms with E-state index < -0.39 is 11.4 Å². The number of rotatable bonds is 10. The molecule has 0 amide bonds. The number of allylic oxidation sites excluding steroid dienone is 1. The number of hydrogen-bond donors (Lipinski definition) is 0. The maximum absolute atomic E-state index is 14.6. The number of carbonyl (C=O) groups is 1. The van der Waals surface area contributed by atoms with Gasteiger partial charge in [0, 0.05) is 12.8 Å². The summed E-state index contributed by atoms with van der Waals surface area (Å²) in [5.74, 6) is -0.458. The molecule has 6 heteroatoms. The second-order valence-corrected chi connectivity index (χ2v) is 5.80. The molecule has 0 atom stereocenters. The molecule has 0 saturated carbocycles. The Morgan fingerprint density at radius 3 is 2.81 bits per heavy atom. The molecule has 1 heterocycles. The van der Waals surface area contributed by atoms with Crippen LogP contribution in [0.25, 0.3) is 10.8 Å². The third-order valence-electron chi connectivity index (χ3n) is 3.83. The highest BCUT2D eigenvalue weighted by molar-refractivity contribution is 5.83. The van der Waals surface area contributed by atoms with E-state index in [1.54, 1.807) is 25.1 Å². The number of fused-ring (bicyclic) bond motifs is 1. The zero-order valence-electron chi connectivity index (χ0n) is 14.9. The molecule has 2 aromatic rings. The quantitative estimate of drug-likeness (QED) is 0.361. The molecule has 0 unspecified atom stereocenters. The molecule has 0 spiro atoms. The summed E-state index contributed by atoms with van der Waals surface area (Å²) >= 11 is 0. The topological polar surface area (TPSA) is 65.7 Å². The zero-order valence-corrected chi connectivity index (χ0v) is 14.9. The van der Waals surface area contributed by atoms with E-state index in [-0.39, 0.29) is 23.7 Å². The fraction of sp³-hybridized carbons (Fsp3) is 0.400. The Hall–Kier alpha value is -2.63. The van der Waals surface area contributed by atoms with Gasteiger partial charge in [0.25, 0.3) is 0 Å². The summed E-state index contributed by atoms with van der Waals surface area (Å²) in [7, 11) is 0. The smallest absolute Gasteiger partial charge is 0.346 e. The van der Waals surface area contributed by atoms with Gasteiger partial charge in [0.15, 0.2) is 11.6 Å². The van der Waals surface area contributed by atoms with Crippen molar-refractivity contribution in [2.75, 3.05) is 13.2 Å². The van der Waals surface area contributed by atoms with Crippen LogP contribution < -0.4 is 10.4 Å². The van der Waals surface area contributed by atoms with E-state index in [0.717, 1.165) is 0 Å². The SMILES string of the molecule is C=CCCc1cc2ccc(OCCCCOC(=O)CC)c(F)c2c(=O)o1. The monoisotopic (exact) mass is 362 g/mol. The lowest BCUT2D eigenvalue weighted by Crippen LogP contribution is -2.08. The molecule has 0 N–H and O–H groups in total. The van der Waals surface area contributed by atoms with Crippen LogP contribution >= 0.6 is 0 Å². The van der Waals surface area contributed by atoms with Crippen LogP contribution in [0.2, 0.25) is 0 Å². The second-order valence-electron chi connectivity index (χ2n) is 5.80. The van der Waals surface area contributed by atoms with Crippen molar-refractivity contribution in [2.45, 2.75) is 39.0 Å². The summed E-state index contributed by atoms with van der Waals surface area (Å²) in [5, 5.41) is 0.373. The average Bonchev–Trinajstić information content (AvgIpc) is 2.63. The molecule has 2 rings (SSSR count). The van der Waals surface area contributed by atoms with Crippen molar-refractivity contribution in [3.8, 4) is 5.75 Å². The predicted molar refractivity (Wildman–Crippen MR) is 96.9 cm³/mol. The first kappa shape index (κ1) is 19.7. The largest absolute Gasteiger partial charge is 0.490 e. The summed E-state index contributed by atoms with van der Waals surface area (Å²) in [5.41, 5.74) is -0.712. The van der Waals surface area contributed by atoms with Crippen LogP contribution in [0.15, 0.2) is 40.1 Å². The van der Waals surface area contributed by atoms with Gasteiger partial charge in [-0.15, -0.1) is 6.58 Å². The number of benzene rings is 1. The van der Waals surface area contributed by atoms with E-state index in [2.05, 4.69) is 6.58 Å². The molecule has 26 heavy (non-hydrogen) atoms. The van der Waals surface area contributed by atoms with Crippen LogP contribution in [0.5, 0.6) is 5.75 Å². The maximum atomic E-state index is 14.6. The van der Waals surface area contributed by atoms with Crippen molar-refractivity contribution in [2.24, 2.45) is 0 Å². The van der Waals surface area contributed by atoms with Crippen LogP contribution in [0.1, 0.15) is 38.4 Å². The van der Waals surface area contributed by atoms with Gasteiger partial charge >= 0.3 is 11.6 Å². The highest BCUT2D eigenvalue weighted by Gasteiger charge is 2.14. The normalized spacial score (nSPS) is 10.7. The maximum Gasteiger partial charge on any atom is 0.346 e. The number of esters is 1. The van der Waals surface area contributed by atoms with Gasteiger partial charge in [-0.05, 0) is 36.8 Å². The standard InChI is InChI=1S/C20H23FO5/c1-3-5-8-15-13-14-9-10-16(19(21)18(14)20(23)26-15)24-11-6-7-12-25-17(22)4-2/h3,9-10,13H,1,4-8,11-12H2,2H3. The minimum absolute atomic E-state index is 0.00851. The van der Waals surface area contributed by atoms with Crippen molar-refractivity contribution in [1.82, 2.24) is 0 Å². The Kier molecular flexibility index (Phi) is 7.38. The highest BCUT2D eigenvalue weighted by atomic mass is 19.1. The molecule has 140 valence electrons. The molecule has 0 radical (unpaired) electrons. The van der Waals surface area contributed by atoms with Crippen LogP contribution in [-0.2, 0) is 16.0 Å². The average molecular weight is 362 g/mol. The first-order chi connectivity index (χ1) is 12.6. The number of unbranched alkanes of at least 4 members (excludes halogenated alkanes) is 1. The molecule has 1 aromatic heterocycles. The Bertz CT molecular complexity index is 825. The van der Waals surface area contributed by atoms with E-state index >= 15 is 0 Å². The molecule has 0 aliphatic heterocycles. The molecule has 0 aliphatic rings. The highest BCUT2D eigenvalue weighted by Crippen LogP contribution is 2.25. The van der Waals surface area contributed by atoms with E-state index in [1.165, 1.54) is 6.07 Å². The van der Waals surface area contributed by atoms with Crippen LogP contribution in [0.3, 0.4) is 0 Å². The molecular formula is C20H23FO5. The summed E-state index contributed by atoms with van der Waals surface area (Å²) < 4.78 is 30.1. The molecule has 0 fully saturated rings. The molecule has 1 aromatic carbocycles. The number of halogens is 1. The first-order valence-electron chi connectivity index (χ1n) is 8.71. The molecule has 0 bridgehead atoms. The minimum atomic E-state index is -0.719. The molecule has 5 nitrogen and oxygen atoms in total. The van der Waals surface area contributed by atoms with Gasteiger partial charge in [-0.25, -0.2) is 9.18 Å². The lowest BCUT2D eigenvalue weighted by molar-refractivity contribution is -0.143. The number of ether oxygens (including phenoxy) is 2. The summed E-state index contributed by atoms with van der Waals surface area (Å²) in [4.78, 5) is 23.1. The van der Waals surface area contributed by atoms with Crippen LogP contribution in [-0.4, -0.2) is 19.2 Å². The van der Waals surface area contributed by atoms with Gasteiger partial charge in [0.1, 0.15) is 11.1 Å². The first-order valence-corrected chi connectivity index (χ1v) is 8.71. The fourth-order valence-electron chi connectivity index (χ4n) is 2.43. The zero-order chi connectivity index (χ0) is 18.9. The van der Waals surface area contributed by atoms with Gasteiger partial charge in [-0.1, -0.05) is 19.1 Å². The van der Waals surface area contributed by atoms with Gasteiger partial charge < -0.3 is 13.9 Å².